The second-order valence-corrected chi connectivity index (χ2v) is 9.66. The topological polar surface area (TPSA) is 118 Å². The summed E-state index contributed by atoms with van der Waals surface area (Å²) in [5.41, 5.74) is 5.14. The average molecular weight is 494 g/mol. The fourth-order valence-electron chi connectivity index (χ4n) is 4.21. The van der Waals surface area contributed by atoms with Crippen LogP contribution in [0.2, 0.25) is 0 Å². The lowest BCUT2D eigenvalue weighted by Crippen LogP contribution is -2.44. The van der Waals surface area contributed by atoms with E-state index < -0.39 is 24.0 Å². The van der Waals surface area contributed by atoms with E-state index in [1.165, 1.54) is 22.5 Å². The van der Waals surface area contributed by atoms with Crippen molar-refractivity contribution in [3.8, 4) is 11.1 Å². The van der Waals surface area contributed by atoms with Crippen molar-refractivity contribution >= 4 is 29.3 Å². The maximum absolute atomic E-state index is 12.4. The highest BCUT2D eigenvalue weighted by Gasteiger charge is 2.29. The van der Waals surface area contributed by atoms with E-state index in [-0.39, 0.29) is 31.4 Å². The van der Waals surface area contributed by atoms with Gasteiger partial charge >= 0.3 is 12.1 Å². The number of carbonyl (C=O) groups excluding carboxylic acids is 2. The molecule has 0 aliphatic heterocycles. The molecular weight excluding hydrogens is 466 g/mol. The molecule has 8 nitrogen and oxygen atoms in total. The number of fused-ring (bicyclic) bond motifs is 3. The molecule has 1 heterocycles. The number of aliphatic carboxylic acids is 1. The molecular formula is C26H27N3O5S. The molecule has 0 unspecified atom stereocenters. The lowest BCUT2D eigenvalue weighted by atomic mass is 9.98. The quantitative estimate of drug-likeness (QED) is 0.416. The van der Waals surface area contributed by atoms with E-state index in [1.807, 2.05) is 24.3 Å². The number of nitrogens with zero attached hydrogens (tertiary/aromatic N) is 1. The summed E-state index contributed by atoms with van der Waals surface area (Å²) >= 11 is 1.31. The fourth-order valence-corrected chi connectivity index (χ4v) is 4.94. The number of hydrogen-bond donors (Lipinski definition) is 3. The Balaban J connectivity index is 1.27. The lowest BCUT2D eigenvalue weighted by Gasteiger charge is -2.17. The number of ether oxygens (including phenoxy) is 1. The van der Waals surface area contributed by atoms with Crippen LogP contribution in [0.3, 0.4) is 0 Å². The first-order chi connectivity index (χ1) is 16.8. The van der Waals surface area contributed by atoms with Crippen molar-refractivity contribution in [1.29, 1.82) is 0 Å². The summed E-state index contributed by atoms with van der Waals surface area (Å²) in [6.07, 6.45) is -0.569. The van der Waals surface area contributed by atoms with Gasteiger partial charge in [0.1, 0.15) is 17.7 Å². The Hall–Kier alpha value is -3.72. The van der Waals surface area contributed by atoms with Crippen LogP contribution in [0.4, 0.5) is 4.79 Å². The van der Waals surface area contributed by atoms with E-state index in [9.17, 15) is 19.5 Å². The molecule has 3 aromatic rings. The highest BCUT2D eigenvalue weighted by atomic mass is 32.1. The van der Waals surface area contributed by atoms with Crippen molar-refractivity contribution in [2.75, 3.05) is 6.61 Å². The van der Waals surface area contributed by atoms with Crippen molar-refractivity contribution in [2.24, 2.45) is 5.92 Å². The summed E-state index contributed by atoms with van der Waals surface area (Å²) in [6, 6.07) is 15.3. The van der Waals surface area contributed by atoms with Gasteiger partial charge in [0.25, 0.3) is 0 Å². The number of hydrogen-bond acceptors (Lipinski definition) is 6. The molecule has 0 spiro atoms. The Morgan fingerprint density at radius 1 is 1.06 bits per heavy atom. The molecule has 4 rings (SSSR count). The van der Waals surface area contributed by atoms with E-state index in [1.54, 1.807) is 19.2 Å². The van der Waals surface area contributed by atoms with E-state index in [4.69, 9.17) is 4.74 Å². The van der Waals surface area contributed by atoms with Crippen LogP contribution in [-0.4, -0.2) is 40.7 Å². The Morgan fingerprint density at radius 3 is 2.29 bits per heavy atom. The third kappa shape index (κ3) is 5.68. The molecule has 9 heteroatoms. The Morgan fingerprint density at radius 2 is 1.69 bits per heavy atom. The molecule has 0 radical (unpaired) electrons. The van der Waals surface area contributed by atoms with Crippen LogP contribution >= 0.6 is 11.3 Å². The van der Waals surface area contributed by atoms with Crippen LogP contribution in [0, 0.1) is 5.92 Å². The van der Waals surface area contributed by atoms with Crippen molar-refractivity contribution in [3.05, 3.63) is 75.7 Å². The van der Waals surface area contributed by atoms with Gasteiger partial charge in [-0.05, 0) is 28.2 Å². The van der Waals surface area contributed by atoms with E-state index >= 15 is 0 Å². The number of carboxylic acids is 1. The van der Waals surface area contributed by atoms with Gasteiger partial charge in [0.05, 0.1) is 18.7 Å². The number of nitrogens with one attached hydrogen (secondary N) is 2. The summed E-state index contributed by atoms with van der Waals surface area (Å²) in [5, 5.41) is 16.8. The molecule has 1 aliphatic rings. The molecule has 3 N–H and O–H groups in total. The number of carbonyl (C=O) groups is 3. The highest BCUT2D eigenvalue weighted by Crippen LogP contribution is 2.44. The zero-order chi connectivity index (χ0) is 24.9. The third-order valence-electron chi connectivity index (χ3n) is 5.92. The first-order valence-corrected chi connectivity index (χ1v) is 12.3. The maximum atomic E-state index is 12.4. The van der Waals surface area contributed by atoms with Crippen molar-refractivity contribution < 1.29 is 24.2 Å². The van der Waals surface area contributed by atoms with Crippen molar-refractivity contribution in [2.45, 2.75) is 38.8 Å². The average Bonchev–Trinajstić information content (AvgIpc) is 3.41. The highest BCUT2D eigenvalue weighted by molar-refractivity contribution is 7.09. The van der Waals surface area contributed by atoms with Gasteiger partial charge in [0.2, 0.25) is 5.91 Å². The minimum absolute atomic E-state index is 0.0152. The smallest absolute Gasteiger partial charge is 0.407 e. The molecule has 1 atom stereocenters. The van der Waals surface area contributed by atoms with Crippen LogP contribution < -0.4 is 10.6 Å². The third-order valence-corrected chi connectivity index (χ3v) is 6.82. The molecule has 0 fully saturated rings. The van der Waals surface area contributed by atoms with Crippen LogP contribution in [0.1, 0.15) is 41.6 Å². The largest absolute Gasteiger partial charge is 0.480 e. The molecule has 182 valence electrons. The number of amides is 2. The van der Waals surface area contributed by atoms with Crippen LogP contribution in [0.15, 0.2) is 53.9 Å². The van der Waals surface area contributed by atoms with Gasteiger partial charge < -0.3 is 20.5 Å². The first-order valence-electron chi connectivity index (χ1n) is 11.4. The van der Waals surface area contributed by atoms with Gasteiger partial charge in [-0.3, -0.25) is 4.79 Å². The second kappa shape index (κ2) is 10.7. The second-order valence-electron chi connectivity index (χ2n) is 8.72. The first kappa shape index (κ1) is 24.4. The Labute approximate surface area is 207 Å². The summed E-state index contributed by atoms with van der Waals surface area (Å²) < 4.78 is 5.53. The monoisotopic (exact) mass is 493 g/mol. The molecule has 35 heavy (non-hydrogen) atoms. The summed E-state index contributed by atoms with van der Waals surface area (Å²) in [5.74, 6) is -1.73. The number of benzene rings is 2. The Bertz CT molecular complexity index is 1190. The van der Waals surface area contributed by atoms with Gasteiger partial charge in [-0.15, -0.1) is 11.3 Å². The summed E-state index contributed by atoms with van der Waals surface area (Å²) in [6.45, 7) is 3.86. The van der Waals surface area contributed by atoms with E-state index in [0.717, 1.165) is 11.1 Å². The zero-order valence-electron chi connectivity index (χ0n) is 19.5. The van der Waals surface area contributed by atoms with Crippen LogP contribution in [-0.2, 0) is 27.3 Å². The molecule has 2 amide bonds. The van der Waals surface area contributed by atoms with Gasteiger partial charge in [0, 0.05) is 11.3 Å². The summed E-state index contributed by atoms with van der Waals surface area (Å²) in [4.78, 5) is 40.2. The normalized spacial score (nSPS) is 13.1. The number of thiazole rings is 1. The molecule has 2 aromatic carbocycles. The van der Waals surface area contributed by atoms with Crippen LogP contribution in [0.25, 0.3) is 11.1 Å². The van der Waals surface area contributed by atoms with Gasteiger partial charge in [-0.2, -0.15) is 0 Å². The molecule has 0 saturated heterocycles. The minimum Gasteiger partial charge on any atom is -0.480 e. The van der Waals surface area contributed by atoms with Gasteiger partial charge in [0.15, 0.2) is 0 Å². The van der Waals surface area contributed by atoms with Gasteiger partial charge in [-0.1, -0.05) is 62.4 Å². The molecule has 0 saturated carbocycles. The SMILES string of the molecule is CC(C)[C@@H](NC(=O)Cc1csc(CNC(=O)OCC2c3ccccc3-c3ccccc32)n1)C(=O)O. The van der Waals surface area contributed by atoms with Crippen molar-refractivity contribution in [3.63, 3.8) is 0 Å². The van der Waals surface area contributed by atoms with Crippen molar-refractivity contribution in [1.82, 2.24) is 15.6 Å². The minimum atomic E-state index is -1.07. The van der Waals surface area contributed by atoms with Gasteiger partial charge in [-0.25, -0.2) is 14.6 Å². The van der Waals surface area contributed by atoms with E-state index in [0.29, 0.717) is 10.7 Å². The predicted octanol–water partition coefficient (Wildman–Crippen LogP) is 3.95. The van der Waals surface area contributed by atoms with Crippen LogP contribution in [0.5, 0.6) is 0 Å². The van der Waals surface area contributed by atoms with E-state index in [2.05, 4.69) is 39.9 Å². The number of carboxylic acid groups (broad SMARTS) is 1. The molecule has 0 bridgehead atoms. The Kier molecular flexibility index (Phi) is 7.45. The lowest BCUT2D eigenvalue weighted by molar-refractivity contribution is -0.143. The molecule has 1 aliphatic carbocycles. The summed E-state index contributed by atoms with van der Waals surface area (Å²) in [7, 11) is 0. The standard InChI is InChI=1S/C26H27N3O5S/c1-15(2)24(25(31)32)29-22(30)11-16-14-35-23(28-16)12-27-26(33)34-13-21-19-9-5-3-7-17(19)18-8-4-6-10-20(18)21/h3-10,14-15,21,24H,11-13H2,1-2H3,(H,27,33)(H,29,30)(H,31,32)/t24-/m1/s1. The number of aromatic nitrogens is 1. The number of alkyl carbamates (subject to hydrolysis) is 1. The predicted molar refractivity (Wildman–Crippen MR) is 132 cm³/mol. The number of rotatable bonds is 9. The maximum Gasteiger partial charge on any atom is 0.407 e. The zero-order valence-corrected chi connectivity index (χ0v) is 20.3. The molecule has 1 aromatic heterocycles. The fraction of sp³-hybridized carbons (Fsp3) is 0.308.